The molecule has 136 valence electrons. The van der Waals surface area contributed by atoms with E-state index in [9.17, 15) is 9.59 Å². The first-order valence-corrected chi connectivity index (χ1v) is 9.13. The minimum atomic E-state index is -0.276. The molecule has 1 aliphatic heterocycles. The van der Waals surface area contributed by atoms with Crippen LogP contribution in [0, 0.1) is 11.3 Å². The predicted octanol–water partition coefficient (Wildman–Crippen LogP) is 3.74. The molecule has 0 bridgehead atoms. The molecule has 0 aromatic heterocycles. The fourth-order valence-electron chi connectivity index (χ4n) is 3.62. The molecule has 0 aliphatic carbocycles. The normalized spacial score (nSPS) is 18.8. The molecular formula is C22H26N2O2. The average molecular weight is 350 g/mol. The molecular weight excluding hydrogens is 324 g/mol. The van der Waals surface area contributed by atoms with Crippen LogP contribution in [0.2, 0.25) is 0 Å². The molecule has 2 aromatic rings. The fourth-order valence-corrected chi connectivity index (χ4v) is 3.62. The Morgan fingerprint density at radius 2 is 1.69 bits per heavy atom. The monoisotopic (exact) mass is 350 g/mol. The van der Waals surface area contributed by atoms with Gasteiger partial charge in [-0.2, -0.15) is 0 Å². The summed E-state index contributed by atoms with van der Waals surface area (Å²) < 4.78 is 0. The standard InChI is InChI=1S/C22H26N2O2/c1-22(2)16-24(14-13-17-9-5-3-6-10-17)21(26)19(22)15-20(25)23-18-11-7-4-8-12-18/h3-12,19H,13-16H2,1-2H3,(H,23,25)/t19-/m0/s1. The Kier molecular flexibility index (Phi) is 5.40. The second-order valence-corrected chi connectivity index (χ2v) is 7.65. The second-order valence-electron chi connectivity index (χ2n) is 7.65. The van der Waals surface area contributed by atoms with Gasteiger partial charge in [-0.05, 0) is 29.5 Å². The van der Waals surface area contributed by atoms with Crippen molar-refractivity contribution in [1.82, 2.24) is 4.90 Å². The number of para-hydroxylation sites is 1. The summed E-state index contributed by atoms with van der Waals surface area (Å²) in [5, 5.41) is 2.89. The molecule has 0 unspecified atom stereocenters. The minimum Gasteiger partial charge on any atom is -0.342 e. The van der Waals surface area contributed by atoms with Crippen molar-refractivity contribution in [2.24, 2.45) is 11.3 Å². The molecule has 0 radical (unpaired) electrons. The first-order valence-electron chi connectivity index (χ1n) is 9.13. The second kappa shape index (κ2) is 7.73. The lowest BCUT2D eigenvalue weighted by Gasteiger charge is -2.23. The van der Waals surface area contributed by atoms with Crippen molar-refractivity contribution in [2.75, 3.05) is 18.4 Å². The van der Waals surface area contributed by atoms with E-state index >= 15 is 0 Å². The third kappa shape index (κ3) is 4.31. The van der Waals surface area contributed by atoms with E-state index in [0.29, 0.717) is 13.1 Å². The number of carbonyl (C=O) groups is 2. The maximum absolute atomic E-state index is 12.9. The number of likely N-dealkylation sites (tertiary alicyclic amines) is 1. The lowest BCUT2D eigenvalue weighted by atomic mass is 9.79. The summed E-state index contributed by atoms with van der Waals surface area (Å²) >= 11 is 0. The fraction of sp³-hybridized carbons (Fsp3) is 0.364. The first kappa shape index (κ1) is 18.2. The Labute approximate surface area is 155 Å². The number of carbonyl (C=O) groups excluding carboxylic acids is 2. The van der Waals surface area contributed by atoms with Crippen LogP contribution < -0.4 is 5.32 Å². The highest BCUT2D eigenvalue weighted by molar-refractivity contribution is 5.95. The van der Waals surface area contributed by atoms with Gasteiger partial charge in [0, 0.05) is 25.2 Å². The summed E-state index contributed by atoms with van der Waals surface area (Å²) in [7, 11) is 0. The van der Waals surface area contributed by atoms with Gasteiger partial charge in [-0.1, -0.05) is 62.4 Å². The maximum atomic E-state index is 12.9. The van der Waals surface area contributed by atoms with Crippen molar-refractivity contribution >= 4 is 17.5 Å². The summed E-state index contributed by atoms with van der Waals surface area (Å²) in [5.74, 6) is -0.288. The highest BCUT2D eigenvalue weighted by Crippen LogP contribution is 2.38. The van der Waals surface area contributed by atoms with Gasteiger partial charge in [-0.3, -0.25) is 9.59 Å². The summed E-state index contributed by atoms with van der Waals surface area (Å²) in [6, 6.07) is 19.6. The van der Waals surface area contributed by atoms with Crippen LogP contribution in [0.15, 0.2) is 60.7 Å². The van der Waals surface area contributed by atoms with E-state index in [0.717, 1.165) is 12.1 Å². The van der Waals surface area contributed by atoms with Crippen LogP contribution in [-0.2, 0) is 16.0 Å². The Morgan fingerprint density at radius 1 is 1.08 bits per heavy atom. The summed E-state index contributed by atoms with van der Waals surface area (Å²) in [6.07, 6.45) is 1.06. The topological polar surface area (TPSA) is 49.4 Å². The summed E-state index contributed by atoms with van der Waals surface area (Å²) in [4.78, 5) is 27.2. The molecule has 2 aromatic carbocycles. The predicted molar refractivity (Wildman–Crippen MR) is 104 cm³/mol. The van der Waals surface area contributed by atoms with Crippen LogP contribution in [0.25, 0.3) is 0 Å². The first-order chi connectivity index (χ1) is 12.5. The van der Waals surface area contributed by atoms with Crippen LogP contribution >= 0.6 is 0 Å². The molecule has 1 aliphatic rings. The molecule has 1 N–H and O–H groups in total. The molecule has 1 heterocycles. The quantitative estimate of drug-likeness (QED) is 0.863. The highest BCUT2D eigenvalue weighted by Gasteiger charge is 2.46. The van der Waals surface area contributed by atoms with Crippen LogP contribution in [0.1, 0.15) is 25.8 Å². The van der Waals surface area contributed by atoms with Crippen LogP contribution in [0.5, 0.6) is 0 Å². The lowest BCUT2D eigenvalue weighted by molar-refractivity contribution is -0.133. The number of anilines is 1. The van der Waals surface area contributed by atoms with Crippen molar-refractivity contribution in [3.05, 3.63) is 66.2 Å². The molecule has 1 saturated heterocycles. The zero-order valence-electron chi connectivity index (χ0n) is 15.4. The average Bonchev–Trinajstić information content (AvgIpc) is 2.84. The third-order valence-corrected chi connectivity index (χ3v) is 5.11. The van der Waals surface area contributed by atoms with E-state index in [1.807, 2.05) is 53.4 Å². The molecule has 1 atom stereocenters. The van der Waals surface area contributed by atoms with Crippen molar-refractivity contribution < 1.29 is 9.59 Å². The van der Waals surface area contributed by atoms with Gasteiger partial charge in [0.25, 0.3) is 0 Å². The molecule has 3 rings (SSSR count). The molecule has 1 fully saturated rings. The van der Waals surface area contributed by atoms with E-state index in [2.05, 4.69) is 31.3 Å². The smallest absolute Gasteiger partial charge is 0.226 e. The number of hydrogen-bond donors (Lipinski definition) is 1. The van der Waals surface area contributed by atoms with E-state index < -0.39 is 0 Å². The van der Waals surface area contributed by atoms with E-state index in [1.165, 1.54) is 5.56 Å². The van der Waals surface area contributed by atoms with Gasteiger partial charge >= 0.3 is 0 Å². The maximum Gasteiger partial charge on any atom is 0.226 e. The molecule has 0 saturated carbocycles. The summed E-state index contributed by atoms with van der Waals surface area (Å²) in [6.45, 7) is 5.55. The molecule has 26 heavy (non-hydrogen) atoms. The Hall–Kier alpha value is -2.62. The van der Waals surface area contributed by atoms with Gasteiger partial charge in [0.15, 0.2) is 0 Å². The van der Waals surface area contributed by atoms with Crippen molar-refractivity contribution in [3.63, 3.8) is 0 Å². The Bertz CT molecular complexity index is 756. The van der Waals surface area contributed by atoms with Crippen molar-refractivity contribution in [1.29, 1.82) is 0 Å². The number of nitrogens with zero attached hydrogens (tertiary/aromatic N) is 1. The van der Waals surface area contributed by atoms with Crippen LogP contribution in [0.4, 0.5) is 5.69 Å². The van der Waals surface area contributed by atoms with E-state index in [1.54, 1.807) is 0 Å². The third-order valence-electron chi connectivity index (χ3n) is 5.11. The van der Waals surface area contributed by atoms with Gasteiger partial charge in [-0.15, -0.1) is 0 Å². The largest absolute Gasteiger partial charge is 0.342 e. The van der Waals surface area contributed by atoms with E-state index in [4.69, 9.17) is 0 Å². The Morgan fingerprint density at radius 3 is 2.35 bits per heavy atom. The zero-order chi connectivity index (χ0) is 18.6. The highest BCUT2D eigenvalue weighted by atomic mass is 16.2. The number of amides is 2. The number of nitrogens with one attached hydrogen (secondary N) is 1. The van der Waals surface area contributed by atoms with Crippen LogP contribution in [0.3, 0.4) is 0 Å². The van der Waals surface area contributed by atoms with Crippen molar-refractivity contribution in [3.8, 4) is 0 Å². The zero-order valence-corrected chi connectivity index (χ0v) is 15.4. The molecule has 4 nitrogen and oxygen atoms in total. The van der Waals surface area contributed by atoms with Gasteiger partial charge in [0.1, 0.15) is 0 Å². The Balaban J connectivity index is 1.60. The van der Waals surface area contributed by atoms with E-state index in [-0.39, 0.29) is 29.6 Å². The summed E-state index contributed by atoms with van der Waals surface area (Å²) in [5.41, 5.74) is 1.78. The van der Waals surface area contributed by atoms with Crippen molar-refractivity contribution in [2.45, 2.75) is 26.7 Å². The van der Waals surface area contributed by atoms with Gasteiger partial charge in [-0.25, -0.2) is 0 Å². The number of hydrogen-bond acceptors (Lipinski definition) is 2. The molecule has 4 heteroatoms. The SMILES string of the molecule is CC1(C)CN(CCc2ccccc2)C(=O)[C@@H]1CC(=O)Nc1ccccc1. The van der Waals surface area contributed by atoms with Gasteiger partial charge in [0.05, 0.1) is 5.92 Å². The molecule has 0 spiro atoms. The molecule has 2 amide bonds. The minimum absolute atomic E-state index is 0.0918. The van der Waals surface area contributed by atoms with Crippen LogP contribution in [-0.4, -0.2) is 29.8 Å². The van der Waals surface area contributed by atoms with Gasteiger partial charge in [0.2, 0.25) is 11.8 Å². The lowest BCUT2D eigenvalue weighted by Crippen LogP contribution is -2.31. The number of benzene rings is 2. The van der Waals surface area contributed by atoms with Gasteiger partial charge < -0.3 is 10.2 Å². The number of rotatable bonds is 6.